The molecule has 0 spiro atoms. The summed E-state index contributed by atoms with van der Waals surface area (Å²) in [5.74, 6) is -0.668. The number of hydrogen-bond acceptors (Lipinski definition) is 3. The molecule has 0 saturated carbocycles. The zero-order valence-corrected chi connectivity index (χ0v) is 13.7. The maximum Gasteiger partial charge on any atom is 0.253 e. The van der Waals surface area contributed by atoms with E-state index in [1.54, 1.807) is 29.4 Å². The summed E-state index contributed by atoms with van der Waals surface area (Å²) in [5, 5.41) is 12.9. The standard InChI is InChI=1S/C19H18FN3O2/c1-13-2-7-17(23-9-8-21-12-23)16(10-13)19(25)22-11-18(24)14-3-5-15(20)6-4-14/h2-10,12,18,24H,11H2,1H3,(H,22,25). The second kappa shape index (κ2) is 7.27. The van der Waals surface area contributed by atoms with Gasteiger partial charge in [-0.1, -0.05) is 23.8 Å². The van der Waals surface area contributed by atoms with Crippen LogP contribution in [0.4, 0.5) is 4.39 Å². The third-order valence-electron chi connectivity index (χ3n) is 3.89. The molecule has 1 heterocycles. The molecule has 2 N–H and O–H groups in total. The quantitative estimate of drug-likeness (QED) is 0.751. The van der Waals surface area contributed by atoms with Gasteiger partial charge < -0.3 is 15.0 Å². The Kier molecular flexibility index (Phi) is 4.90. The summed E-state index contributed by atoms with van der Waals surface area (Å²) in [6, 6.07) is 11.1. The zero-order valence-electron chi connectivity index (χ0n) is 13.7. The topological polar surface area (TPSA) is 67.2 Å². The highest BCUT2D eigenvalue weighted by atomic mass is 19.1. The summed E-state index contributed by atoms with van der Waals surface area (Å²) in [7, 11) is 0. The fraction of sp³-hybridized carbons (Fsp3) is 0.158. The molecule has 0 aliphatic rings. The molecule has 1 atom stereocenters. The Morgan fingerprint density at radius 3 is 2.72 bits per heavy atom. The molecule has 6 heteroatoms. The van der Waals surface area contributed by atoms with E-state index in [1.807, 2.05) is 19.1 Å². The Bertz CT molecular complexity index is 861. The Labute approximate surface area is 144 Å². The predicted octanol–water partition coefficient (Wildman–Crippen LogP) is 2.78. The SMILES string of the molecule is Cc1ccc(-n2ccnc2)c(C(=O)NCC(O)c2ccc(F)cc2)c1. The first-order chi connectivity index (χ1) is 12.0. The van der Waals surface area contributed by atoms with Crippen molar-refractivity contribution in [3.63, 3.8) is 0 Å². The highest BCUT2D eigenvalue weighted by Gasteiger charge is 2.15. The zero-order chi connectivity index (χ0) is 17.8. The lowest BCUT2D eigenvalue weighted by molar-refractivity contribution is 0.0916. The fourth-order valence-corrected chi connectivity index (χ4v) is 2.55. The van der Waals surface area contributed by atoms with Crippen molar-refractivity contribution < 1.29 is 14.3 Å². The van der Waals surface area contributed by atoms with E-state index in [0.717, 1.165) is 5.56 Å². The first kappa shape index (κ1) is 16.9. The van der Waals surface area contributed by atoms with E-state index in [1.165, 1.54) is 24.3 Å². The number of aryl methyl sites for hydroxylation is 1. The number of halogens is 1. The van der Waals surface area contributed by atoms with Gasteiger partial charge in [-0.3, -0.25) is 4.79 Å². The van der Waals surface area contributed by atoms with Crippen molar-refractivity contribution in [3.05, 3.63) is 83.7 Å². The number of rotatable bonds is 5. The third-order valence-corrected chi connectivity index (χ3v) is 3.89. The van der Waals surface area contributed by atoms with Gasteiger partial charge in [-0.2, -0.15) is 0 Å². The van der Waals surface area contributed by atoms with E-state index >= 15 is 0 Å². The van der Waals surface area contributed by atoms with Crippen molar-refractivity contribution in [2.75, 3.05) is 6.54 Å². The van der Waals surface area contributed by atoms with Gasteiger partial charge in [0.15, 0.2) is 0 Å². The van der Waals surface area contributed by atoms with Gasteiger partial charge in [0.05, 0.1) is 23.7 Å². The predicted molar refractivity (Wildman–Crippen MR) is 92.0 cm³/mol. The van der Waals surface area contributed by atoms with Crippen LogP contribution in [-0.2, 0) is 0 Å². The number of benzene rings is 2. The molecular formula is C19H18FN3O2. The minimum absolute atomic E-state index is 0.0295. The van der Waals surface area contributed by atoms with Crippen LogP contribution in [0.25, 0.3) is 5.69 Å². The number of nitrogens with zero attached hydrogens (tertiary/aromatic N) is 2. The number of aromatic nitrogens is 2. The van der Waals surface area contributed by atoms with Gasteiger partial charge >= 0.3 is 0 Å². The maximum atomic E-state index is 12.9. The Morgan fingerprint density at radius 2 is 2.04 bits per heavy atom. The van der Waals surface area contributed by atoms with E-state index in [-0.39, 0.29) is 18.3 Å². The molecule has 0 bridgehead atoms. The maximum absolute atomic E-state index is 12.9. The van der Waals surface area contributed by atoms with Crippen molar-refractivity contribution >= 4 is 5.91 Å². The average Bonchev–Trinajstić information content (AvgIpc) is 3.14. The van der Waals surface area contributed by atoms with Crippen LogP contribution in [0.3, 0.4) is 0 Å². The third kappa shape index (κ3) is 3.92. The number of carbonyl (C=O) groups excluding carboxylic acids is 1. The Hall–Kier alpha value is -2.99. The van der Waals surface area contributed by atoms with Crippen molar-refractivity contribution in [3.8, 4) is 5.69 Å². The number of nitrogens with one attached hydrogen (secondary N) is 1. The van der Waals surface area contributed by atoms with Gasteiger partial charge in [0.2, 0.25) is 0 Å². The summed E-state index contributed by atoms with van der Waals surface area (Å²) in [6.07, 6.45) is 4.11. The lowest BCUT2D eigenvalue weighted by atomic mass is 10.1. The smallest absolute Gasteiger partial charge is 0.253 e. The lowest BCUT2D eigenvalue weighted by Crippen LogP contribution is -2.29. The normalized spacial score (nSPS) is 12.0. The minimum atomic E-state index is -0.911. The van der Waals surface area contributed by atoms with Crippen molar-refractivity contribution in [1.82, 2.24) is 14.9 Å². The van der Waals surface area contributed by atoms with Crippen LogP contribution in [0.1, 0.15) is 27.6 Å². The van der Waals surface area contributed by atoms with Crippen molar-refractivity contribution in [1.29, 1.82) is 0 Å². The minimum Gasteiger partial charge on any atom is -0.387 e. The van der Waals surface area contributed by atoms with Crippen molar-refractivity contribution in [2.24, 2.45) is 0 Å². The molecule has 128 valence electrons. The first-order valence-corrected chi connectivity index (χ1v) is 7.85. The number of aliphatic hydroxyl groups is 1. The molecule has 0 aliphatic heterocycles. The second-order valence-corrected chi connectivity index (χ2v) is 5.77. The van der Waals surface area contributed by atoms with Crippen LogP contribution in [0.5, 0.6) is 0 Å². The summed E-state index contributed by atoms with van der Waals surface area (Å²) in [5.41, 5.74) is 2.69. The van der Waals surface area contributed by atoms with Crippen LogP contribution >= 0.6 is 0 Å². The number of amides is 1. The summed E-state index contributed by atoms with van der Waals surface area (Å²) >= 11 is 0. The number of aliphatic hydroxyl groups excluding tert-OH is 1. The van der Waals surface area contributed by atoms with Gasteiger partial charge in [0.25, 0.3) is 5.91 Å². The molecule has 5 nitrogen and oxygen atoms in total. The van der Waals surface area contributed by atoms with Gasteiger partial charge in [0, 0.05) is 18.9 Å². The van der Waals surface area contributed by atoms with Gasteiger partial charge in [-0.05, 0) is 36.8 Å². The van der Waals surface area contributed by atoms with Gasteiger partial charge in [0.1, 0.15) is 5.82 Å². The van der Waals surface area contributed by atoms with Crippen LogP contribution in [0, 0.1) is 12.7 Å². The number of imidazole rings is 1. The van der Waals surface area contributed by atoms with Crippen molar-refractivity contribution in [2.45, 2.75) is 13.0 Å². The number of hydrogen-bond donors (Lipinski definition) is 2. The van der Waals surface area contributed by atoms with E-state index in [2.05, 4.69) is 10.3 Å². The highest BCUT2D eigenvalue weighted by Crippen LogP contribution is 2.17. The van der Waals surface area contributed by atoms with Crippen LogP contribution < -0.4 is 5.32 Å². The molecule has 25 heavy (non-hydrogen) atoms. The Balaban J connectivity index is 1.75. The lowest BCUT2D eigenvalue weighted by Gasteiger charge is -2.15. The average molecular weight is 339 g/mol. The molecule has 3 rings (SSSR count). The summed E-state index contributed by atoms with van der Waals surface area (Å²) in [6.45, 7) is 1.93. The molecule has 0 radical (unpaired) electrons. The Morgan fingerprint density at radius 1 is 1.28 bits per heavy atom. The second-order valence-electron chi connectivity index (χ2n) is 5.77. The van der Waals surface area contributed by atoms with Crippen LogP contribution in [-0.4, -0.2) is 27.1 Å². The van der Waals surface area contributed by atoms with E-state index in [4.69, 9.17) is 0 Å². The van der Waals surface area contributed by atoms with Crippen LogP contribution in [0.2, 0.25) is 0 Å². The number of carbonyl (C=O) groups is 1. The molecule has 2 aromatic carbocycles. The van der Waals surface area contributed by atoms with E-state index in [9.17, 15) is 14.3 Å². The molecular weight excluding hydrogens is 321 g/mol. The molecule has 0 aliphatic carbocycles. The van der Waals surface area contributed by atoms with E-state index in [0.29, 0.717) is 16.8 Å². The van der Waals surface area contributed by atoms with Gasteiger partial charge in [-0.15, -0.1) is 0 Å². The monoisotopic (exact) mass is 339 g/mol. The van der Waals surface area contributed by atoms with Gasteiger partial charge in [-0.25, -0.2) is 9.37 Å². The highest BCUT2D eigenvalue weighted by molar-refractivity contribution is 5.98. The molecule has 1 unspecified atom stereocenters. The molecule has 0 saturated heterocycles. The van der Waals surface area contributed by atoms with E-state index < -0.39 is 6.10 Å². The molecule has 1 aromatic heterocycles. The fourth-order valence-electron chi connectivity index (χ4n) is 2.55. The molecule has 3 aromatic rings. The molecule has 1 amide bonds. The summed E-state index contributed by atoms with van der Waals surface area (Å²) in [4.78, 5) is 16.6. The summed E-state index contributed by atoms with van der Waals surface area (Å²) < 4.78 is 14.7. The van der Waals surface area contributed by atoms with Crippen LogP contribution in [0.15, 0.2) is 61.2 Å². The largest absolute Gasteiger partial charge is 0.387 e. The molecule has 0 fully saturated rings. The first-order valence-electron chi connectivity index (χ1n) is 7.85.